The van der Waals surface area contributed by atoms with Crippen LogP contribution in [0.25, 0.3) is 0 Å². The molecule has 0 amide bonds. The molecule has 0 saturated carbocycles. The highest BCUT2D eigenvalue weighted by molar-refractivity contribution is 5.77. The van der Waals surface area contributed by atoms with E-state index in [0.717, 1.165) is 6.92 Å². The molecule has 0 aromatic rings. The molecule has 1 unspecified atom stereocenters. The minimum Gasteiger partial charge on any atom is -0.462 e. The van der Waals surface area contributed by atoms with Crippen molar-refractivity contribution in [2.75, 3.05) is 0 Å². The zero-order valence-electron chi connectivity index (χ0n) is 10.1. The van der Waals surface area contributed by atoms with E-state index in [1.807, 2.05) is 0 Å². The van der Waals surface area contributed by atoms with Gasteiger partial charge in [0, 0.05) is 0 Å². The van der Waals surface area contributed by atoms with Gasteiger partial charge in [-0.05, 0) is 26.2 Å². The number of hydrogen-bond acceptors (Lipinski definition) is 2. The molecular formula is C11H19F3O2. The predicted molar refractivity (Wildman–Crippen MR) is 54.9 cm³/mol. The minimum atomic E-state index is -4.56. The first-order chi connectivity index (χ1) is 7.22. The molecule has 96 valence electrons. The third kappa shape index (κ3) is 3.12. The van der Waals surface area contributed by atoms with Gasteiger partial charge in [0.15, 0.2) is 5.41 Å². The summed E-state index contributed by atoms with van der Waals surface area (Å²) in [6, 6.07) is 0. The maximum absolute atomic E-state index is 12.7. The highest BCUT2D eigenvalue weighted by Gasteiger charge is 2.56. The smallest absolute Gasteiger partial charge is 0.404 e. The normalized spacial score (nSPS) is 16.0. The van der Waals surface area contributed by atoms with Gasteiger partial charge in [0.1, 0.15) is 6.10 Å². The SMILES string of the molecule is CCC(CC)OC(=O)C(C)(CC)C(F)(F)F. The number of carbonyl (C=O) groups excluding carboxylic acids is 1. The van der Waals surface area contributed by atoms with E-state index in [0.29, 0.717) is 12.8 Å². The van der Waals surface area contributed by atoms with Gasteiger partial charge in [-0.2, -0.15) is 13.2 Å². The molecule has 0 aromatic heterocycles. The van der Waals surface area contributed by atoms with Crippen molar-refractivity contribution < 1.29 is 22.7 Å². The number of halogens is 3. The Balaban J connectivity index is 4.79. The Bertz CT molecular complexity index is 234. The van der Waals surface area contributed by atoms with Gasteiger partial charge >= 0.3 is 12.1 Å². The van der Waals surface area contributed by atoms with Crippen LogP contribution in [-0.4, -0.2) is 18.2 Å². The molecule has 0 rings (SSSR count). The van der Waals surface area contributed by atoms with Crippen LogP contribution in [0.5, 0.6) is 0 Å². The Morgan fingerprint density at radius 2 is 1.62 bits per heavy atom. The van der Waals surface area contributed by atoms with Crippen molar-refractivity contribution in [2.24, 2.45) is 5.41 Å². The zero-order valence-corrected chi connectivity index (χ0v) is 10.1. The molecule has 0 aliphatic carbocycles. The molecule has 1 atom stereocenters. The fourth-order valence-electron chi connectivity index (χ4n) is 1.20. The molecule has 2 nitrogen and oxygen atoms in total. The number of hydrogen-bond donors (Lipinski definition) is 0. The van der Waals surface area contributed by atoms with E-state index in [4.69, 9.17) is 4.74 Å². The van der Waals surface area contributed by atoms with Crippen molar-refractivity contribution in [3.63, 3.8) is 0 Å². The number of carbonyl (C=O) groups is 1. The van der Waals surface area contributed by atoms with E-state index in [-0.39, 0.29) is 6.42 Å². The monoisotopic (exact) mass is 240 g/mol. The fourth-order valence-corrected chi connectivity index (χ4v) is 1.20. The first kappa shape index (κ1) is 15.3. The number of ether oxygens (including phenoxy) is 1. The summed E-state index contributed by atoms with van der Waals surface area (Å²) in [6.45, 7) is 5.77. The molecule has 0 radical (unpaired) electrons. The van der Waals surface area contributed by atoms with Crippen LogP contribution in [0, 0.1) is 5.41 Å². The van der Waals surface area contributed by atoms with Crippen LogP contribution in [0.3, 0.4) is 0 Å². The van der Waals surface area contributed by atoms with E-state index in [1.165, 1.54) is 6.92 Å². The van der Waals surface area contributed by atoms with E-state index in [9.17, 15) is 18.0 Å². The van der Waals surface area contributed by atoms with Crippen LogP contribution in [0.2, 0.25) is 0 Å². The lowest BCUT2D eigenvalue weighted by Crippen LogP contribution is -2.44. The highest BCUT2D eigenvalue weighted by Crippen LogP contribution is 2.42. The lowest BCUT2D eigenvalue weighted by atomic mass is 9.87. The molecule has 0 aromatic carbocycles. The Labute approximate surface area is 94.2 Å². The van der Waals surface area contributed by atoms with Crippen molar-refractivity contribution >= 4 is 5.97 Å². The minimum absolute atomic E-state index is 0.310. The maximum Gasteiger partial charge on any atom is 0.404 e. The summed E-state index contributed by atoms with van der Waals surface area (Å²) in [5, 5.41) is 0. The van der Waals surface area contributed by atoms with E-state index in [2.05, 4.69) is 0 Å². The van der Waals surface area contributed by atoms with Crippen molar-refractivity contribution in [1.82, 2.24) is 0 Å². The van der Waals surface area contributed by atoms with Gasteiger partial charge in [-0.25, -0.2) is 0 Å². The first-order valence-corrected chi connectivity index (χ1v) is 5.50. The van der Waals surface area contributed by atoms with Crippen molar-refractivity contribution in [3.8, 4) is 0 Å². The van der Waals surface area contributed by atoms with E-state index < -0.39 is 23.7 Å². The highest BCUT2D eigenvalue weighted by atomic mass is 19.4. The van der Waals surface area contributed by atoms with Gasteiger partial charge < -0.3 is 4.74 Å². The number of alkyl halides is 3. The average Bonchev–Trinajstić information content (AvgIpc) is 2.22. The number of rotatable bonds is 5. The summed E-state index contributed by atoms with van der Waals surface area (Å²) in [4.78, 5) is 11.5. The van der Waals surface area contributed by atoms with E-state index in [1.54, 1.807) is 13.8 Å². The molecular weight excluding hydrogens is 221 g/mol. The maximum atomic E-state index is 12.7. The summed E-state index contributed by atoms with van der Waals surface area (Å²) in [7, 11) is 0. The Morgan fingerprint density at radius 1 is 1.19 bits per heavy atom. The van der Waals surface area contributed by atoms with Crippen LogP contribution >= 0.6 is 0 Å². The molecule has 0 heterocycles. The second kappa shape index (κ2) is 5.55. The first-order valence-electron chi connectivity index (χ1n) is 5.50. The van der Waals surface area contributed by atoms with Crippen LogP contribution in [-0.2, 0) is 9.53 Å². The predicted octanol–water partition coefficient (Wildman–Crippen LogP) is 3.70. The molecule has 0 bridgehead atoms. The second-order valence-electron chi connectivity index (χ2n) is 4.03. The standard InChI is InChI=1S/C11H19F3O2/c1-5-8(6-2)16-9(15)10(4,7-3)11(12,13)14/h8H,5-7H2,1-4H3. The molecule has 5 heteroatoms. The average molecular weight is 240 g/mol. The van der Waals surface area contributed by atoms with Crippen LogP contribution in [0.1, 0.15) is 47.0 Å². The van der Waals surface area contributed by atoms with Gasteiger partial charge in [-0.15, -0.1) is 0 Å². The topological polar surface area (TPSA) is 26.3 Å². The quantitative estimate of drug-likeness (QED) is 0.685. The van der Waals surface area contributed by atoms with Gasteiger partial charge in [-0.3, -0.25) is 4.79 Å². The molecule has 0 saturated heterocycles. The van der Waals surface area contributed by atoms with Crippen molar-refractivity contribution in [3.05, 3.63) is 0 Å². The molecule has 0 fully saturated rings. The van der Waals surface area contributed by atoms with Gasteiger partial charge in [0.2, 0.25) is 0 Å². The molecule has 16 heavy (non-hydrogen) atoms. The Kier molecular flexibility index (Phi) is 5.29. The fraction of sp³-hybridized carbons (Fsp3) is 0.909. The molecule has 0 aliphatic heterocycles. The summed E-state index contributed by atoms with van der Waals surface area (Å²) in [5.41, 5.74) is -2.39. The van der Waals surface area contributed by atoms with Crippen LogP contribution < -0.4 is 0 Å². The van der Waals surface area contributed by atoms with Gasteiger partial charge in [0.05, 0.1) is 0 Å². The Hall–Kier alpha value is -0.740. The zero-order chi connectivity index (χ0) is 13.0. The van der Waals surface area contributed by atoms with Gasteiger partial charge in [0.25, 0.3) is 0 Å². The third-order valence-corrected chi connectivity index (χ3v) is 2.97. The van der Waals surface area contributed by atoms with E-state index >= 15 is 0 Å². The largest absolute Gasteiger partial charge is 0.462 e. The third-order valence-electron chi connectivity index (χ3n) is 2.97. The lowest BCUT2D eigenvalue weighted by molar-refractivity contribution is -0.233. The number of esters is 1. The molecule has 0 spiro atoms. The molecule has 0 N–H and O–H groups in total. The van der Waals surface area contributed by atoms with Crippen molar-refractivity contribution in [2.45, 2.75) is 59.2 Å². The summed E-state index contributed by atoms with van der Waals surface area (Å²) in [5.74, 6) is -1.17. The summed E-state index contributed by atoms with van der Waals surface area (Å²) < 4.78 is 43.0. The van der Waals surface area contributed by atoms with Crippen LogP contribution in [0.15, 0.2) is 0 Å². The van der Waals surface area contributed by atoms with Crippen LogP contribution in [0.4, 0.5) is 13.2 Å². The van der Waals surface area contributed by atoms with Crippen molar-refractivity contribution in [1.29, 1.82) is 0 Å². The second-order valence-corrected chi connectivity index (χ2v) is 4.03. The summed E-state index contributed by atoms with van der Waals surface area (Å²) >= 11 is 0. The summed E-state index contributed by atoms with van der Waals surface area (Å²) in [6.07, 6.45) is -4.25. The Morgan fingerprint density at radius 3 is 1.88 bits per heavy atom. The molecule has 0 aliphatic rings. The van der Waals surface area contributed by atoms with Gasteiger partial charge in [-0.1, -0.05) is 20.8 Å². The lowest BCUT2D eigenvalue weighted by Gasteiger charge is -2.30.